The molecule has 3 nitrogen and oxygen atoms in total. The summed E-state index contributed by atoms with van der Waals surface area (Å²) < 4.78 is 0.703. The van der Waals surface area contributed by atoms with Crippen molar-refractivity contribution in [1.82, 2.24) is 0 Å². The summed E-state index contributed by atoms with van der Waals surface area (Å²) in [5, 5.41) is 20.3. The van der Waals surface area contributed by atoms with Gasteiger partial charge in [-0.2, -0.15) is 4.73 Å². The topological polar surface area (TPSA) is 47.2 Å². The molecule has 0 fully saturated rings. The van der Waals surface area contributed by atoms with Crippen LogP contribution in [-0.4, -0.2) is 5.11 Å². The number of aliphatic hydroxyl groups is 1. The van der Waals surface area contributed by atoms with E-state index in [2.05, 4.69) is 0 Å². The maximum Gasteiger partial charge on any atom is 0.186 e. The highest BCUT2D eigenvalue weighted by atomic mass is 16.5. The molecule has 1 N–H and O–H groups in total. The maximum absolute atomic E-state index is 10.8. The third-order valence-electron chi connectivity index (χ3n) is 1.74. The van der Waals surface area contributed by atoms with Crippen LogP contribution in [0.3, 0.4) is 0 Å². The molecule has 1 aromatic rings. The minimum absolute atomic E-state index is 0.503. The molecule has 0 saturated carbocycles. The lowest BCUT2D eigenvalue weighted by Gasteiger charge is -2.07. The van der Waals surface area contributed by atoms with Crippen molar-refractivity contribution in [3.8, 4) is 0 Å². The van der Waals surface area contributed by atoms with E-state index >= 15 is 0 Å². The summed E-state index contributed by atoms with van der Waals surface area (Å²) in [6.45, 7) is 2.00. The van der Waals surface area contributed by atoms with Gasteiger partial charge in [-0.15, -0.1) is 0 Å². The molecule has 0 unspecified atom stereocenters. The maximum atomic E-state index is 10.8. The van der Waals surface area contributed by atoms with Gasteiger partial charge >= 0.3 is 0 Å². The molecule has 0 spiro atoms. The Kier molecular flexibility index (Phi) is 3.05. The molecule has 66 valence electrons. The van der Waals surface area contributed by atoms with E-state index in [0.717, 1.165) is 6.42 Å². The summed E-state index contributed by atoms with van der Waals surface area (Å²) in [6, 6.07) is 3.40. The van der Waals surface area contributed by atoms with E-state index in [1.54, 1.807) is 12.1 Å². The van der Waals surface area contributed by atoms with Crippen LogP contribution in [0.2, 0.25) is 0 Å². The predicted molar refractivity (Wildman–Crippen MR) is 45.3 cm³/mol. The number of aliphatic hydroxyl groups excluding tert-OH is 1. The molecule has 1 atom stereocenters. The molecule has 0 bridgehead atoms. The zero-order valence-electron chi connectivity index (χ0n) is 7.10. The smallest absolute Gasteiger partial charge is 0.186 e. The fourth-order valence-corrected chi connectivity index (χ4v) is 1.11. The SMILES string of the molecule is CCC[C@H](O)c1ccc[n+]([O-])c1. The van der Waals surface area contributed by atoms with Crippen LogP contribution >= 0.6 is 0 Å². The Labute approximate surface area is 71.9 Å². The van der Waals surface area contributed by atoms with Gasteiger partial charge < -0.3 is 10.3 Å². The van der Waals surface area contributed by atoms with Gasteiger partial charge in [0, 0.05) is 11.6 Å². The van der Waals surface area contributed by atoms with E-state index in [9.17, 15) is 10.3 Å². The highest BCUT2D eigenvalue weighted by molar-refractivity contribution is 5.08. The normalized spacial score (nSPS) is 12.8. The zero-order chi connectivity index (χ0) is 8.97. The highest BCUT2D eigenvalue weighted by Gasteiger charge is 2.07. The van der Waals surface area contributed by atoms with Gasteiger partial charge in [0.05, 0.1) is 6.10 Å². The second-order valence-corrected chi connectivity index (χ2v) is 2.80. The molecule has 0 aliphatic rings. The van der Waals surface area contributed by atoms with Crippen LogP contribution in [0.5, 0.6) is 0 Å². The molecular weight excluding hydrogens is 154 g/mol. The van der Waals surface area contributed by atoms with E-state index in [0.29, 0.717) is 16.7 Å². The average molecular weight is 167 g/mol. The number of rotatable bonds is 3. The van der Waals surface area contributed by atoms with Crippen LogP contribution in [-0.2, 0) is 0 Å². The van der Waals surface area contributed by atoms with Crippen LogP contribution < -0.4 is 4.73 Å². The molecule has 0 amide bonds. The second-order valence-electron chi connectivity index (χ2n) is 2.80. The number of pyridine rings is 1. The summed E-state index contributed by atoms with van der Waals surface area (Å²) in [4.78, 5) is 0. The number of hydrogen-bond donors (Lipinski definition) is 1. The largest absolute Gasteiger partial charge is 0.619 e. The Hall–Kier alpha value is -1.09. The van der Waals surface area contributed by atoms with Gasteiger partial charge in [-0.25, -0.2) is 0 Å². The molecule has 0 aliphatic heterocycles. The third-order valence-corrected chi connectivity index (χ3v) is 1.74. The first-order chi connectivity index (χ1) is 5.74. The molecule has 0 aliphatic carbocycles. The zero-order valence-corrected chi connectivity index (χ0v) is 7.10. The van der Waals surface area contributed by atoms with E-state index in [4.69, 9.17) is 0 Å². The minimum atomic E-state index is -0.503. The summed E-state index contributed by atoms with van der Waals surface area (Å²) in [6.07, 6.45) is 3.91. The van der Waals surface area contributed by atoms with Crippen molar-refractivity contribution in [2.75, 3.05) is 0 Å². The van der Waals surface area contributed by atoms with Crippen LogP contribution in [0.15, 0.2) is 24.5 Å². The molecule has 1 rings (SSSR count). The van der Waals surface area contributed by atoms with Gasteiger partial charge in [0.2, 0.25) is 0 Å². The molecule has 0 saturated heterocycles. The van der Waals surface area contributed by atoms with Gasteiger partial charge in [-0.3, -0.25) is 0 Å². The molecular formula is C9H13NO2. The Morgan fingerprint density at radius 3 is 3.00 bits per heavy atom. The lowest BCUT2D eigenvalue weighted by atomic mass is 10.1. The fourth-order valence-electron chi connectivity index (χ4n) is 1.11. The summed E-state index contributed by atoms with van der Waals surface area (Å²) in [7, 11) is 0. The van der Waals surface area contributed by atoms with E-state index in [-0.39, 0.29) is 0 Å². The fraction of sp³-hybridized carbons (Fsp3) is 0.444. The number of nitrogens with zero attached hydrogens (tertiary/aromatic N) is 1. The minimum Gasteiger partial charge on any atom is -0.619 e. The third kappa shape index (κ3) is 2.20. The number of hydrogen-bond acceptors (Lipinski definition) is 2. The van der Waals surface area contributed by atoms with Gasteiger partial charge in [0.25, 0.3) is 0 Å². The standard InChI is InChI=1S/C9H13NO2/c1-2-4-9(11)8-5-3-6-10(12)7-8/h3,5-7,9,11H,2,4H2,1H3/t9-/m0/s1. The molecule has 3 heteroatoms. The van der Waals surface area contributed by atoms with Crippen LogP contribution in [0.1, 0.15) is 31.4 Å². The first-order valence-electron chi connectivity index (χ1n) is 4.11. The van der Waals surface area contributed by atoms with Gasteiger partial charge in [-0.1, -0.05) is 13.3 Å². The Morgan fingerprint density at radius 2 is 2.42 bits per heavy atom. The van der Waals surface area contributed by atoms with Crippen molar-refractivity contribution in [2.45, 2.75) is 25.9 Å². The lowest BCUT2D eigenvalue weighted by molar-refractivity contribution is -0.606. The Morgan fingerprint density at radius 1 is 1.67 bits per heavy atom. The van der Waals surface area contributed by atoms with Gasteiger partial charge in [0.15, 0.2) is 12.4 Å². The average Bonchev–Trinajstić information content (AvgIpc) is 2.05. The van der Waals surface area contributed by atoms with E-state index < -0.39 is 6.10 Å². The lowest BCUT2D eigenvalue weighted by Crippen LogP contribution is -2.25. The monoisotopic (exact) mass is 167 g/mol. The Bertz CT molecular complexity index is 250. The summed E-state index contributed by atoms with van der Waals surface area (Å²) in [5.41, 5.74) is 0.689. The molecule has 0 radical (unpaired) electrons. The van der Waals surface area contributed by atoms with Crippen LogP contribution in [0, 0.1) is 5.21 Å². The van der Waals surface area contributed by atoms with Crippen molar-refractivity contribution >= 4 is 0 Å². The van der Waals surface area contributed by atoms with Gasteiger partial charge in [0.1, 0.15) is 0 Å². The molecule has 0 aromatic carbocycles. The Balaban J connectivity index is 2.73. The highest BCUT2D eigenvalue weighted by Crippen LogP contribution is 2.15. The van der Waals surface area contributed by atoms with E-state index in [1.165, 1.54) is 12.4 Å². The summed E-state index contributed by atoms with van der Waals surface area (Å²) >= 11 is 0. The first-order valence-corrected chi connectivity index (χ1v) is 4.11. The van der Waals surface area contributed by atoms with Crippen LogP contribution in [0.4, 0.5) is 0 Å². The molecule has 1 aromatic heterocycles. The van der Waals surface area contributed by atoms with Crippen molar-refractivity contribution in [1.29, 1.82) is 0 Å². The van der Waals surface area contributed by atoms with E-state index in [1.807, 2.05) is 6.92 Å². The van der Waals surface area contributed by atoms with Crippen molar-refractivity contribution < 1.29 is 9.84 Å². The molecule has 12 heavy (non-hydrogen) atoms. The summed E-state index contributed by atoms with van der Waals surface area (Å²) in [5.74, 6) is 0. The predicted octanol–water partition coefficient (Wildman–Crippen LogP) is 1.15. The second kappa shape index (κ2) is 4.07. The quantitative estimate of drug-likeness (QED) is 0.542. The first kappa shape index (κ1) is 9.00. The van der Waals surface area contributed by atoms with Crippen molar-refractivity contribution in [2.24, 2.45) is 0 Å². The van der Waals surface area contributed by atoms with Crippen molar-refractivity contribution in [3.05, 3.63) is 35.3 Å². The molecule has 1 heterocycles. The van der Waals surface area contributed by atoms with Gasteiger partial charge in [-0.05, 0) is 12.5 Å². The number of aromatic nitrogens is 1. The van der Waals surface area contributed by atoms with Crippen molar-refractivity contribution in [3.63, 3.8) is 0 Å². The van der Waals surface area contributed by atoms with Crippen LogP contribution in [0.25, 0.3) is 0 Å².